The van der Waals surface area contributed by atoms with Gasteiger partial charge in [-0.1, -0.05) is 39.0 Å². The Morgan fingerprint density at radius 1 is 0.489 bits per heavy atom. The number of carbonyl (C=O) groups is 5. The fourth-order valence-corrected chi connectivity index (χ4v) is 3.67. The highest BCUT2D eigenvalue weighted by molar-refractivity contribution is 5.94. The van der Waals surface area contributed by atoms with Crippen LogP contribution in [0.1, 0.15) is 27.7 Å². The Balaban J connectivity index is 2.24. The Morgan fingerprint density at radius 2 is 0.851 bits per heavy atom. The van der Waals surface area contributed by atoms with Crippen LogP contribution in [0, 0.1) is 0 Å². The van der Waals surface area contributed by atoms with E-state index in [1.165, 1.54) is 64.1 Å². The molecule has 0 bridgehead atoms. The molecule has 47 heavy (non-hydrogen) atoms. The molecule has 0 aliphatic heterocycles. The molecule has 3 aromatic carbocycles. The molecule has 10 nitrogen and oxygen atoms in total. The first-order valence-corrected chi connectivity index (χ1v) is 13.9. The van der Waals surface area contributed by atoms with Gasteiger partial charge in [0.25, 0.3) is 0 Å². The molecular formula is C37H32O10. The number of carbonyl (C=O) groups excluding carboxylic acids is 5. The number of hydrogen-bond donors (Lipinski definition) is 0. The third-order valence-electron chi connectivity index (χ3n) is 6.09. The number of benzene rings is 3. The summed E-state index contributed by atoms with van der Waals surface area (Å²) in [6.45, 7) is 23.7. The van der Waals surface area contributed by atoms with Crippen molar-refractivity contribution in [2.75, 3.05) is 0 Å². The van der Waals surface area contributed by atoms with Crippen LogP contribution in [-0.4, -0.2) is 29.8 Å². The Morgan fingerprint density at radius 3 is 1.28 bits per heavy atom. The molecule has 0 saturated heterocycles. The van der Waals surface area contributed by atoms with E-state index in [9.17, 15) is 24.0 Å². The topological polar surface area (TPSA) is 132 Å². The second kappa shape index (κ2) is 15.1. The minimum Gasteiger partial charge on any atom is -0.423 e. The first-order valence-electron chi connectivity index (χ1n) is 13.9. The normalized spacial score (nSPS) is 10.1. The molecular weight excluding hydrogens is 604 g/mol. The van der Waals surface area contributed by atoms with Gasteiger partial charge in [0.15, 0.2) is 0 Å². The maximum atomic E-state index is 12.6. The Hall–Kier alpha value is -6.29. The summed E-state index contributed by atoms with van der Waals surface area (Å²) in [6, 6.07) is 13.4. The number of rotatable bonds is 12. The van der Waals surface area contributed by atoms with E-state index in [1.807, 2.05) is 0 Å². The largest absolute Gasteiger partial charge is 0.423 e. The van der Waals surface area contributed by atoms with E-state index in [0.29, 0.717) is 16.7 Å². The van der Waals surface area contributed by atoms with Crippen LogP contribution in [0.15, 0.2) is 116 Å². The van der Waals surface area contributed by atoms with Gasteiger partial charge in [-0.3, -0.25) is 0 Å². The summed E-state index contributed by atoms with van der Waals surface area (Å²) in [5.74, 6) is -3.54. The van der Waals surface area contributed by atoms with Crippen molar-refractivity contribution in [2.24, 2.45) is 0 Å². The van der Waals surface area contributed by atoms with Crippen LogP contribution in [0.25, 0.3) is 22.3 Å². The maximum absolute atomic E-state index is 12.6. The molecule has 0 fully saturated rings. The fourth-order valence-electron chi connectivity index (χ4n) is 3.67. The van der Waals surface area contributed by atoms with Crippen LogP contribution in [0.5, 0.6) is 28.7 Å². The van der Waals surface area contributed by atoms with E-state index in [2.05, 4.69) is 32.9 Å². The van der Waals surface area contributed by atoms with Crippen LogP contribution in [0.4, 0.5) is 0 Å². The van der Waals surface area contributed by atoms with Crippen molar-refractivity contribution in [3.8, 4) is 51.0 Å². The average Bonchev–Trinajstić information content (AvgIpc) is 3.01. The van der Waals surface area contributed by atoms with Crippen molar-refractivity contribution in [3.05, 3.63) is 116 Å². The molecule has 0 spiro atoms. The van der Waals surface area contributed by atoms with E-state index in [1.54, 1.807) is 18.2 Å². The lowest BCUT2D eigenvalue weighted by molar-refractivity contribution is -0.131. The van der Waals surface area contributed by atoms with Gasteiger partial charge in [-0.15, -0.1) is 0 Å². The fraction of sp³-hybridized carbons (Fsp3) is 0.108. The highest BCUT2D eigenvalue weighted by Crippen LogP contribution is 2.43. The quantitative estimate of drug-likeness (QED) is 0.116. The molecule has 3 aromatic rings. The summed E-state index contributed by atoms with van der Waals surface area (Å²) in [6.07, 6.45) is 0.962. The van der Waals surface area contributed by atoms with Crippen molar-refractivity contribution < 1.29 is 47.7 Å². The lowest BCUT2D eigenvalue weighted by atomic mass is 9.97. The summed E-state index contributed by atoms with van der Waals surface area (Å²) in [4.78, 5) is 61.8. The van der Waals surface area contributed by atoms with Gasteiger partial charge < -0.3 is 23.7 Å². The molecule has 0 unspecified atom stereocenters. The predicted molar refractivity (Wildman–Crippen MR) is 175 cm³/mol. The van der Waals surface area contributed by atoms with E-state index in [-0.39, 0.29) is 56.6 Å². The van der Waals surface area contributed by atoms with Gasteiger partial charge in [-0.05, 0) is 69.7 Å². The summed E-state index contributed by atoms with van der Waals surface area (Å²) in [5, 5.41) is 0. The summed E-state index contributed by atoms with van der Waals surface area (Å²) in [7, 11) is 0. The first-order chi connectivity index (χ1) is 22.1. The zero-order valence-corrected chi connectivity index (χ0v) is 26.4. The standard InChI is InChI=1S/C37H32O10/c1-10-33(38)45-30-17-24(27-15-12-25(43-34(39)20(2)3)18-31(27)46-36(41)22(6)7)11-14-28(30)29-16-13-26(44-35(40)21(4)5)19-32(29)47-37(42)23(8)9/h10-19H,1-2,4,6,8H2,3,5,7,9H3. The zero-order chi connectivity index (χ0) is 35.0. The second-order valence-electron chi connectivity index (χ2n) is 10.3. The smallest absolute Gasteiger partial charge is 0.338 e. The van der Waals surface area contributed by atoms with E-state index < -0.39 is 29.8 Å². The molecule has 0 aliphatic rings. The van der Waals surface area contributed by atoms with Crippen LogP contribution in [0.3, 0.4) is 0 Å². The number of esters is 5. The third kappa shape index (κ3) is 9.11. The van der Waals surface area contributed by atoms with Crippen LogP contribution in [-0.2, 0) is 24.0 Å². The Labute approximate surface area is 271 Å². The van der Waals surface area contributed by atoms with Crippen molar-refractivity contribution in [2.45, 2.75) is 27.7 Å². The average molecular weight is 637 g/mol. The van der Waals surface area contributed by atoms with Crippen molar-refractivity contribution in [1.29, 1.82) is 0 Å². The summed E-state index contributed by atoms with van der Waals surface area (Å²) in [5.41, 5.74) is 1.87. The van der Waals surface area contributed by atoms with E-state index in [0.717, 1.165) is 6.08 Å². The molecule has 0 amide bonds. The van der Waals surface area contributed by atoms with Crippen LogP contribution in [0.2, 0.25) is 0 Å². The van der Waals surface area contributed by atoms with Gasteiger partial charge in [0.2, 0.25) is 0 Å². The minimum absolute atomic E-state index is 0.00155. The molecule has 0 radical (unpaired) electrons. The van der Waals surface area contributed by atoms with Gasteiger partial charge in [0, 0.05) is 57.2 Å². The lowest BCUT2D eigenvalue weighted by Crippen LogP contribution is -2.11. The molecule has 0 N–H and O–H groups in total. The maximum Gasteiger partial charge on any atom is 0.338 e. The first kappa shape index (κ1) is 35.2. The van der Waals surface area contributed by atoms with Crippen molar-refractivity contribution in [1.82, 2.24) is 0 Å². The van der Waals surface area contributed by atoms with Crippen LogP contribution >= 0.6 is 0 Å². The predicted octanol–water partition coefficient (Wildman–Crippen LogP) is 7.04. The molecule has 0 aliphatic carbocycles. The Bertz CT molecular complexity index is 1880. The lowest BCUT2D eigenvalue weighted by Gasteiger charge is -2.17. The van der Waals surface area contributed by atoms with E-state index in [4.69, 9.17) is 23.7 Å². The summed E-state index contributed by atoms with van der Waals surface area (Å²) < 4.78 is 27.3. The molecule has 3 rings (SSSR count). The molecule has 0 aromatic heterocycles. The molecule has 10 heteroatoms. The molecule has 0 saturated carbocycles. The third-order valence-corrected chi connectivity index (χ3v) is 6.09. The van der Waals surface area contributed by atoms with Crippen LogP contribution < -0.4 is 23.7 Å². The highest BCUT2D eigenvalue weighted by Gasteiger charge is 2.21. The Kier molecular flexibility index (Phi) is 11.3. The van der Waals surface area contributed by atoms with Gasteiger partial charge >= 0.3 is 29.8 Å². The molecule has 240 valence electrons. The van der Waals surface area contributed by atoms with Gasteiger partial charge in [0.1, 0.15) is 28.7 Å². The highest BCUT2D eigenvalue weighted by atomic mass is 16.6. The summed E-state index contributed by atoms with van der Waals surface area (Å²) >= 11 is 0. The number of ether oxygens (including phenoxy) is 5. The monoisotopic (exact) mass is 636 g/mol. The SMILES string of the molecule is C=CC(=O)Oc1cc(-c2ccc(OC(=O)C(=C)C)cc2OC(=O)C(=C)C)ccc1-c1ccc(OC(=O)C(=C)C)cc1OC(=O)C(=C)C. The minimum atomic E-state index is -0.799. The van der Waals surface area contributed by atoms with Gasteiger partial charge in [-0.2, -0.15) is 0 Å². The molecule has 0 atom stereocenters. The number of hydrogen-bond acceptors (Lipinski definition) is 10. The second-order valence-corrected chi connectivity index (χ2v) is 10.3. The molecule has 0 heterocycles. The zero-order valence-electron chi connectivity index (χ0n) is 26.4. The van der Waals surface area contributed by atoms with E-state index >= 15 is 0 Å². The van der Waals surface area contributed by atoms with Gasteiger partial charge in [0.05, 0.1) is 0 Å². The van der Waals surface area contributed by atoms with Gasteiger partial charge in [-0.25, -0.2) is 24.0 Å². The van der Waals surface area contributed by atoms with Crippen molar-refractivity contribution >= 4 is 29.8 Å². The van der Waals surface area contributed by atoms with Crippen molar-refractivity contribution in [3.63, 3.8) is 0 Å².